The predicted molar refractivity (Wildman–Crippen MR) is 88.1 cm³/mol. The normalized spacial score (nSPS) is 14.6. The van der Waals surface area contributed by atoms with Gasteiger partial charge < -0.3 is 15.1 Å². The molecule has 2 rings (SSSR count). The Labute approximate surface area is 135 Å². The van der Waals surface area contributed by atoms with Crippen molar-refractivity contribution in [2.24, 2.45) is 0 Å². The first-order valence-electron chi connectivity index (χ1n) is 7.26. The molecule has 1 heterocycles. The Kier molecular flexibility index (Phi) is 5.83. The first-order valence-corrected chi connectivity index (χ1v) is 7.64. The summed E-state index contributed by atoms with van der Waals surface area (Å²) in [6.45, 7) is 6.60. The molecular weight excluding hydrogens is 302 g/mol. The number of benzene rings is 1. The van der Waals surface area contributed by atoms with E-state index >= 15 is 0 Å². The highest BCUT2D eigenvalue weighted by atomic mass is 35.5. The molecule has 1 aromatic carbocycles. The van der Waals surface area contributed by atoms with Crippen molar-refractivity contribution < 1.29 is 9.59 Å². The van der Waals surface area contributed by atoms with Crippen molar-refractivity contribution in [2.45, 2.75) is 6.42 Å². The predicted octanol–water partition coefficient (Wildman–Crippen LogP) is 1.68. The molecule has 1 fully saturated rings. The van der Waals surface area contributed by atoms with Crippen LogP contribution in [0.15, 0.2) is 36.9 Å². The molecule has 0 atom stereocenters. The molecule has 0 unspecified atom stereocenters. The Hall–Kier alpha value is -2.01. The molecule has 0 radical (unpaired) electrons. The maximum atomic E-state index is 12.1. The molecule has 2 amide bonds. The maximum absolute atomic E-state index is 12.1. The molecular formula is C16H20ClN3O2. The van der Waals surface area contributed by atoms with Crippen molar-refractivity contribution in [2.75, 3.05) is 37.6 Å². The summed E-state index contributed by atoms with van der Waals surface area (Å²) in [7, 11) is 0. The van der Waals surface area contributed by atoms with Crippen LogP contribution >= 0.6 is 11.6 Å². The Balaban J connectivity index is 1.82. The number of nitrogens with one attached hydrogen (secondary N) is 1. The summed E-state index contributed by atoms with van der Waals surface area (Å²) >= 11 is 6.00. The number of amides is 2. The molecule has 1 saturated heterocycles. The lowest BCUT2D eigenvalue weighted by atomic mass is 10.2. The van der Waals surface area contributed by atoms with Crippen molar-refractivity contribution in [3.8, 4) is 0 Å². The standard InChI is InChI=1S/C16H20ClN3O2/c1-2-6-18-15(21)12-16(22)20-9-7-19(8-10-20)14-5-3-4-13(17)11-14/h2-5,11H,1,6-10,12H2,(H,18,21). The van der Waals surface area contributed by atoms with E-state index in [2.05, 4.69) is 16.8 Å². The number of piperazine rings is 1. The first kappa shape index (κ1) is 16.4. The van der Waals surface area contributed by atoms with Crippen LogP contribution in [0.4, 0.5) is 5.69 Å². The highest BCUT2D eigenvalue weighted by Crippen LogP contribution is 2.20. The van der Waals surface area contributed by atoms with Crippen LogP contribution in [0.25, 0.3) is 0 Å². The fourth-order valence-corrected chi connectivity index (χ4v) is 2.57. The number of anilines is 1. The maximum Gasteiger partial charge on any atom is 0.232 e. The van der Waals surface area contributed by atoms with Gasteiger partial charge in [-0.3, -0.25) is 9.59 Å². The van der Waals surface area contributed by atoms with Crippen LogP contribution in [0.1, 0.15) is 6.42 Å². The number of carbonyl (C=O) groups is 2. The van der Waals surface area contributed by atoms with Crippen LogP contribution in [0, 0.1) is 0 Å². The summed E-state index contributed by atoms with van der Waals surface area (Å²) in [5.41, 5.74) is 1.06. The van der Waals surface area contributed by atoms with Gasteiger partial charge in [0.25, 0.3) is 0 Å². The molecule has 0 spiro atoms. The molecule has 22 heavy (non-hydrogen) atoms. The van der Waals surface area contributed by atoms with E-state index in [4.69, 9.17) is 11.6 Å². The Morgan fingerprint density at radius 1 is 1.27 bits per heavy atom. The monoisotopic (exact) mass is 321 g/mol. The quantitative estimate of drug-likeness (QED) is 0.663. The van der Waals surface area contributed by atoms with Gasteiger partial charge in [0.1, 0.15) is 6.42 Å². The topological polar surface area (TPSA) is 52.7 Å². The Morgan fingerprint density at radius 3 is 2.64 bits per heavy atom. The van der Waals surface area contributed by atoms with Crippen molar-refractivity contribution in [1.29, 1.82) is 0 Å². The number of nitrogens with zero attached hydrogens (tertiary/aromatic N) is 2. The molecule has 0 bridgehead atoms. The van der Waals surface area contributed by atoms with Gasteiger partial charge in [0.2, 0.25) is 11.8 Å². The van der Waals surface area contributed by atoms with E-state index in [0.717, 1.165) is 18.8 Å². The minimum atomic E-state index is -0.262. The Bertz CT molecular complexity index is 554. The van der Waals surface area contributed by atoms with Crippen LogP contribution in [-0.2, 0) is 9.59 Å². The fourth-order valence-electron chi connectivity index (χ4n) is 2.38. The number of rotatable bonds is 5. The van der Waals surface area contributed by atoms with Crippen LogP contribution in [0.3, 0.4) is 0 Å². The van der Waals surface area contributed by atoms with Gasteiger partial charge in [0, 0.05) is 43.4 Å². The molecule has 0 aromatic heterocycles. The highest BCUT2D eigenvalue weighted by Gasteiger charge is 2.22. The van der Waals surface area contributed by atoms with Crippen LogP contribution in [0.5, 0.6) is 0 Å². The number of hydrogen-bond donors (Lipinski definition) is 1. The van der Waals surface area contributed by atoms with E-state index in [-0.39, 0.29) is 18.2 Å². The largest absolute Gasteiger partial charge is 0.368 e. The lowest BCUT2D eigenvalue weighted by Gasteiger charge is -2.36. The molecule has 1 N–H and O–H groups in total. The summed E-state index contributed by atoms with van der Waals surface area (Å²) in [6.07, 6.45) is 1.48. The van der Waals surface area contributed by atoms with Crippen LogP contribution < -0.4 is 10.2 Å². The fraction of sp³-hybridized carbons (Fsp3) is 0.375. The Morgan fingerprint density at radius 2 is 2.00 bits per heavy atom. The van der Waals surface area contributed by atoms with Gasteiger partial charge >= 0.3 is 0 Å². The first-order chi connectivity index (χ1) is 10.6. The minimum Gasteiger partial charge on any atom is -0.368 e. The summed E-state index contributed by atoms with van der Waals surface area (Å²) in [6, 6.07) is 7.68. The highest BCUT2D eigenvalue weighted by molar-refractivity contribution is 6.30. The van der Waals surface area contributed by atoms with Crippen LogP contribution in [-0.4, -0.2) is 49.4 Å². The van der Waals surface area contributed by atoms with Gasteiger partial charge in [-0.1, -0.05) is 23.7 Å². The van der Waals surface area contributed by atoms with Crippen molar-refractivity contribution in [3.05, 3.63) is 41.9 Å². The van der Waals surface area contributed by atoms with E-state index in [1.165, 1.54) is 0 Å². The molecule has 1 aliphatic heterocycles. The number of hydrogen-bond acceptors (Lipinski definition) is 3. The third-order valence-corrected chi connectivity index (χ3v) is 3.80. The summed E-state index contributed by atoms with van der Waals surface area (Å²) in [4.78, 5) is 27.5. The van der Waals surface area contributed by atoms with E-state index in [1.54, 1.807) is 11.0 Å². The minimum absolute atomic E-state index is 0.106. The SMILES string of the molecule is C=CCNC(=O)CC(=O)N1CCN(c2cccc(Cl)c2)CC1. The summed E-state index contributed by atoms with van der Waals surface area (Å²) < 4.78 is 0. The van der Waals surface area contributed by atoms with Gasteiger partial charge in [-0.15, -0.1) is 6.58 Å². The van der Waals surface area contributed by atoms with Crippen molar-refractivity contribution >= 4 is 29.1 Å². The van der Waals surface area contributed by atoms with E-state index < -0.39 is 0 Å². The summed E-state index contributed by atoms with van der Waals surface area (Å²) in [5.74, 6) is -0.394. The molecule has 6 heteroatoms. The molecule has 5 nitrogen and oxygen atoms in total. The average molecular weight is 322 g/mol. The molecule has 1 aromatic rings. The van der Waals surface area contributed by atoms with E-state index in [0.29, 0.717) is 24.7 Å². The lowest BCUT2D eigenvalue weighted by Crippen LogP contribution is -2.49. The zero-order chi connectivity index (χ0) is 15.9. The van der Waals surface area contributed by atoms with Crippen molar-refractivity contribution in [3.63, 3.8) is 0 Å². The van der Waals surface area contributed by atoms with Crippen LogP contribution in [0.2, 0.25) is 5.02 Å². The van der Waals surface area contributed by atoms with Gasteiger partial charge in [-0.25, -0.2) is 0 Å². The zero-order valence-electron chi connectivity index (χ0n) is 12.4. The van der Waals surface area contributed by atoms with Gasteiger partial charge in [0.05, 0.1) is 0 Å². The van der Waals surface area contributed by atoms with E-state index in [1.807, 2.05) is 24.3 Å². The summed E-state index contributed by atoms with van der Waals surface area (Å²) in [5, 5.41) is 3.32. The second-order valence-corrected chi connectivity index (χ2v) is 5.55. The number of carbonyl (C=O) groups excluding carboxylic acids is 2. The third kappa shape index (κ3) is 4.49. The zero-order valence-corrected chi connectivity index (χ0v) is 13.2. The van der Waals surface area contributed by atoms with E-state index in [9.17, 15) is 9.59 Å². The van der Waals surface area contributed by atoms with Gasteiger partial charge in [-0.2, -0.15) is 0 Å². The molecule has 1 aliphatic rings. The van der Waals surface area contributed by atoms with Gasteiger partial charge in [0.15, 0.2) is 0 Å². The second-order valence-electron chi connectivity index (χ2n) is 5.12. The molecule has 0 saturated carbocycles. The van der Waals surface area contributed by atoms with Gasteiger partial charge in [-0.05, 0) is 18.2 Å². The lowest BCUT2D eigenvalue weighted by molar-refractivity contribution is -0.136. The van der Waals surface area contributed by atoms with Crippen molar-refractivity contribution in [1.82, 2.24) is 10.2 Å². The number of halogens is 1. The average Bonchev–Trinajstić information content (AvgIpc) is 2.53. The third-order valence-electron chi connectivity index (χ3n) is 3.56. The molecule has 0 aliphatic carbocycles. The smallest absolute Gasteiger partial charge is 0.232 e. The second kappa shape index (κ2) is 7.84. The molecule has 118 valence electrons.